The number of sulfonamides is 1. The Labute approximate surface area is 125 Å². The zero-order valence-electron chi connectivity index (χ0n) is 10.1. The Kier molecular flexibility index (Phi) is 4.06. The molecule has 0 aliphatic heterocycles. The molecule has 2 aromatic rings. The summed E-state index contributed by atoms with van der Waals surface area (Å²) in [6.45, 7) is 3.50. The third-order valence-corrected chi connectivity index (χ3v) is 6.02. The van der Waals surface area contributed by atoms with Crippen LogP contribution in [-0.4, -0.2) is 13.4 Å². The predicted octanol–water partition coefficient (Wildman–Crippen LogP) is 3.87. The van der Waals surface area contributed by atoms with Gasteiger partial charge in [-0.25, -0.2) is 13.4 Å². The average Bonchev–Trinajstić information content (AvgIpc) is 2.64. The highest BCUT2D eigenvalue weighted by molar-refractivity contribution is 7.94. The number of anilines is 1. The van der Waals surface area contributed by atoms with Crippen LogP contribution in [0.1, 0.15) is 11.1 Å². The maximum Gasteiger partial charge on any atom is 0.271 e. The van der Waals surface area contributed by atoms with E-state index >= 15 is 0 Å². The van der Waals surface area contributed by atoms with Gasteiger partial charge in [0.1, 0.15) is 9.36 Å². The Hall–Kier alpha value is -0.820. The summed E-state index contributed by atoms with van der Waals surface area (Å²) in [5.74, 6) is 0. The van der Waals surface area contributed by atoms with Gasteiger partial charge in [0.15, 0.2) is 0 Å². The molecule has 0 radical (unpaired) electrons. The first-order valence-electron chi connectivity index (χ1n) is 5.20. The summed E-state index contributed by atoms with van der Waals surface area (Å²) in [4.78, 5) is 3.86. The lowest BCUT2D eigenvalue weighted by molar-refractivity contribution is 0.603. The normalized spacial score (nSPS) is 11.6. The molecule has 0 saturated heterocycles. The highest BCUT2D eigenvalue weighted by atomic mass is 35.5. The molecular formula is C11H10Cl2N2O2S2. The Balaban J connectivity index is 2.36. The molecule has 0 unspecified atom stereocenters. The van der Waals surface area contributed by atoms with E-state index in [1.807, 2.05) is 0 Å². The van der Waals surface area contributed by atoms with Gasteiger partial charge in [-0.2, -0.15) is 0 Å². The average molecular weight is 337 g/mol. The van der Waals surface area contributed by atoms with Crippen molar-refractivity contribution in [2.75, 3.05) is 4.72 Å². The molecule has 8 heteroatoms. The van der Waals surface area contributed by atoms with Gasteiger partial charge in [-0.3, -0.25) is 4.72 Å². The fourth-order valence-corrected chi connectivity index (χ4v) is 4.42. The maximum absolute atomic E-state index is 12.2. The Morgan fingerprint density at radius 3 is 2.42 bits per heavy atom. The minimum Gasteiger partial charge on any atom is -0.277 e. The number of thiophene rings is 1. The van der Waals surface area contributed by atoms with Crippen LogP contribution in [0.5, 0.6) is 0 Å². The van der Waals surface area contributed by atoms with Gasteiger partial charge in [-0.15, -0.1) is 11.3 Å². The Bertz CT molecular complexity index is 707. The number of hydrogen-bond donors (Lipinski definition) is 1. The molecule has 0 spiro atoms. The van der Waals surface area contributed by atoms with Crippen molar-refractivity contribution in [3.8, 4) is 0 Å². The molecule has 0 saturated carbocycles. The number of nitrogens with one attached hydrogen (secondary N) is 1. The number of rotatable bonds is 3. The van der Waals surface area contributed by atoms with E-state index in [9.17, 15) is 8.42 Å². The lowest BCUT2D eigenvalue weighted by Crippen LogP contribution is -2.12. The summed E-state index contributed by atoms with van der Waals surface area (Å²) in [6.07, 6.45) is 1.39. The van der Waals surface area contributed by atoms with Crippen LogP contribution in [-0.2, 0) is 10.0 Å². The van der Waals surface area contributed by atoms with Gasteiger partial charge < -0.3 is 0 Å². The van der Waals surface area contributed by atoms with Crippen LogP contribution in [0.25, 0.3) is 0 Å². The van der Waals surface area contributed by atoms with Crippen molar-refractivity contribution in [1.82, 2.24) is 4.98 Å². The van der Waals surface area contributed by atoms with E-state index in [1.165, 1.54) is 12.3 Å². The van der Waals surface area contributed by atoms with Crippen molar-refractivity contribution in [2.45, 2.75) is 18.1 Å². The van der Waals surface area contributed by atoms with Crippen LogP contribution < -0.4 is 4.72 Å². The number of hydrogen-bond acceptors (Lipinski definition) is 4. The Morgan fingerprint density at radius 2 is 1.89 bits per heavy atom. The maximum atomic E-state index is 12.2. The van der Waals surface area contributed by atoms with E-state index in [1.54, 1.807) is 19.9 Å². The fraction of sp³-hybridized carbons (Fsp3) is 0.182. The smallest absolute Gasteiger partial charge is 0.271 e. The molecule has 0 atom stereocenters. The van der Waals surface area contributed by atoms with E-state index in [0.717, 1.165) is 16.9 Å². The minimum atomic E-state index is -3.65. The van der Waals surface area contributed by atoms with Crippen LogP contribution in [0.15, 0.2) is 22.5 Å². The van der Waals surface area contributed by atoms with E-state index in [4.69, 9.17) is 23.2 Å². The van der Waals surface area contributed by atoms with E-state index < -0.39 is 10.0 Å². The zero-order valence-corrected chi connectivity index (χ0v) is 13.2. The lowest BCUT2D eigenvalue weighted by atomic mass is 10.3. The van der Waals surface area contributed by atoms with Crippen LogP contribution in [0.3, 0.4) is 0 Å². The summed E-state index contributed by atoms with van der Waals surface area (Å²) in [6, 6.07) is 3.13. The van der Waals surface area contributed by atoms with Crippen molar-refractivity contribution >= 4 is 50.2 Å². The third-order valence-electron chi connectivity index (χ3n) is 2.42. The molecule has 0 fully saturated rings. The number of aromatic nitrogens is 1. The number of halogens is 2. The summed E-state index contributed by atoms with van der Waals surface area (Å²) in [7, 11) is -3.65. The van der Waals surface area contributed by atoms with Crippen molar-refractivity contribution in [3.05, 3.63) is 38.9 Å². The zero-order chi connectivity index (χ0) is 14.2. The molecule has 2 heterocycles. The molecule has 2 aromatic heterocycles. The quantitative estimate of drug-likeness (QED) is 0.865. The second-order valence-corrected chi connectivity index (χ2v) is 7.90. The summed E-state index contributed by atoms with van der Waals surface area (Å²) >= 11 is 12.6. The second kappa shape index (κ2) is 5.28. The molecule has 102 valence electrons. The van der Waals surface area contributed by atoms with Crippen LogP contribution in [0, 0.1) is 13.8 Å². The van der Waals surface area contributed by atoms with Crippen molar-refractivity contribution < 1.29 is 8.42 Å². The van der Waals surface area contributed by atoms with E-state index in [-0.39, 0.29) is 4.21 Å². The molecule has 2 rings (SSSR count). The van der Waals surface area contributed by atoms with E-state index in [2.05, 4.69) is 9.71 Å². The molecule has 0 amide bonds. The predicted molar refractivity (Wildman–Crippen MR) is 78.9 cm³/mol. The van der Waals surface area contributed by atoms with Gasteiger partial charge in [0.05, 0.1) is 16.2 Å². The van der Waals surface area contributed by atoms with Crippen molar-refractivity contribution in [2.24, 2.45) is 0 Å². The third kappa shape index (κ3) is 3.20. The van der Waals surface area contributed by atoms with Crippen LogP contribution in [0.4, 0.5) is 5.69 Å². The van der Waals surface area contributed by atoms with Gasteiger partial charge in [0.25, 0.3) is 10.0 Å². The second-order valence-electron chi connectivity index (χ2n) is 3.95. The van der Waals surface area contributed by atoms with Gasteiger partial charge in [0.2, 0.25) is 0 Å². The molecule has 4 nitrogen and oxygen atoms in total. The van der Waals surface area contributed by atoms with Crippen molar-refractivity contribution in [3.63, 3.8) is 0 Å². The Morgan fingerprint density at radius 1 is 1.21 bits per heavy atom. The lowest BCUT2D eigenvalue weighted by Gasteiger charge is -2.08. The molecule has 0 aromatic carbocycles. The first-order valence-corrected chi connectivity index (χ1v) is 8.26. The van der Waals surface area contributed by atoms with Gasteiger partial charge >= 0.3 is 0 Å². The molecule has 1 N–H and O–H groups in total. The first kappa shape index (κ1) is 14.6. The standard InChI is InChI=1S/C11H10Cl2N2O2S2/c1-6-3-9(12)14-5-8(6)15-19(16,17)10-4-7(2)11(13)18-10/h3-5,15H,1-2H3. The monoisotopic (exact) mass is 336 g/mol. The number of pyridine rings is 1. The van der Waals surface area contributed by atoms with Gasteiger partial charge in [0, 0.05) is 0 Å². The summed E-state index contributed by atoms with van der Waals surface area (Å²) in [5, 5.41) is 0.315. The topological polar surface area (TPSA) is 59.1 Å². The van der Waals surface area contributed by atoms with E-state index in [0.29, 0.717) is 20.7 Å². The number of aryl methyl sites for hydroxylation is 2. The van der Waals surface area contributed by atoms with Crippen LogP contribution in [0.2, 0.25) is 9.49 Å². The molecule has 19 heavy (non-hydrogen) atoms. The fourth-order valence-electron chi connectivity index (χ4n) is 1.39. The van der Waals surface area contributed by atoms with Crippen LogP contribution >= 0.6 is 34.5 Å². The summed E-state index contributed by atoms with van der Waals surface area (Å²) in [5.41, 5.74) is 1.83. The highest BCUT2D eigenvalue weighted by Crippen LogP contribution is 2.31. The first-order chi connectivity index (χ1) is 8.79. The molecule has 0 aliphatic carbocycles. The highest BCUT2D eigenvalue weighted by Gasteiger charge is 2.19. The van der Waals surface area contributed by atoms with Crippen molar-refractivity contribution in [1.29, 1.82) is 0 Å². The van der Waals surface area contributed by atoms with Gasteiger partial charge in [-0.1, -0.05) is 23.2 Å². The molecule has 0 aliphatic rings. The number of nitrogens with zero attached hydrogens (tertiary/aromatic N) is 1. The van der Waals surface area contributed by atoms with Gasteiger partial charge in [-0.05, 0) is 37.1 Å². The summed E-state index contributed by atoms with van der Waals surface area (Å²) < 4.78 is 27.5. The SMILES string of the molecule is Cc1cc(Cl)ncc1NS(=O)(=O)c1cc(C)c(Cl)s1. The molecular weight excluding hydrogens is 327 g/mol. The minimum absolute atomic E-state index is 0.171. The molecule has 0 bridgehead atoms. The largest absolute Gasteiger partial charge is 0.277 e.